The Hall–Kier alpha value is -4.26. The minimum absolute atomic E-state index is 0.0637. The van der Waals surface area contributed by atoms with Crippen molar-refractivity contribution in [3.63, 3.8) is 0 Å². The fraction of sp³-hybridized carbons (Fsp3) is 0.154. The smallest absolute Gasteiger partial charge is 0.262 e. The summed E-state index contributed by atoms with van der Waals surface area (Å²) in [6, 6.07) is 21.7. The van der Waals surface area contributed by atoms with Crippen LogP contribution in [0.3, 0.4) is 0 Å². The number of hydrogen-bond donors (Lipinski definition) is 1. The van der Waals surface area contributed by atoms with Crippen molar-refractivity contribution >= 4 is 35.0 Å². The van der Waals surface area contributed by atoms with E-state index >= 15 is 0 Å². The lowest BCUT2D eigenvalue weighted by atomic mass is 9.99. The maximum atomic E-state index is 12.6. The van der Waals surface area contributed by atoms with Crippen LogP contribution in [0.25, 0.3) is 0 Å². The molecule has 1 N–H and O–H groups in total. The third kappa shape index (κ3) is 3.89. The van der Waals surface area contributed by atoms with E-state index in [9.17, 15) is 19.2 Å². The van der Waals surface area contributed by atoms with Crippen LogP contribution in [0.2, 0.25) is 0 Å². The Morgan fingerprint density at radius 1 is 0.788 bits per heavy atom. The summed E-state index contributed by atoms with van der Waals surface area (Å²) in [5, 5.41) is 2.77. The second-order valence-electron chi connectivity index (χ2n) is 8.10. The summed E-state index contributed by atoms with van der Waals surface area (Å²) in [4.78, 5) is 52.9. The maximum absolute atomic E-state index is 12.6. The Bertz CT molecular complexity index is 1250. The molecule has 0 aliphatic carbocycles. The standard InChI is InChI=1S/C26H21N3O4/c30-23(16-29-25(32)20-8-4-5-9-21(20)26(29)33)27-19-11-12-22-18(14-19)10-13-24(31)28(22)15-17-6-2-1-3-7-17/h1-9,11-12,14H,10,13,15-16H2,(H,27,30). The normalized spacial score (nSPS) is 14.8. The number of rotatable bonds is 5. The van der Waals surface area contributed by atoms with Gasteiger partial charge in [0, 0.05) is 17.8 Å². The number of nitrogens with one attached hydrogen (secondary N) is 1. The number of benzene rings is 3. The van der Waals surface area contributed by atoms with E-state index in [1.165, 1.54) is 0 Å². The Kier molecular flexibility index (Phi) is 5.22. The van der Waals surface area contributed by atoms with E-state index in [1.54, 1.807) is 35.2 Å². The molecule has 0 bridgehead atoms. The van der Waals surface area contributed by atoms with Crippen LogP contribution in [-0.2, 0) is 22.6 Å². The zero-order chi connectivity index (χ0) is 22.9. The maximum Gasteiger partial charge on any atom is 0.262 e. The molecule has 0 radical (unpaired) electrons. The fourth-order valence-electron chi connectivity index (χ4n) is 4.30. The molecule has 4 amide bonds. The average molecular weight is 439 g/mol. The van der Waals surface area contributed by atoms with Crippen LogP contribution in [-0.4, -0.2) is 35.1 Å². The lowest BCUT2D eigenvalue weighted by Crippen LogP contribution is -2.37. The highest BCUT2D eigenvalue weighted by molar-refractivity contribution is 6.22. The van der Waals surface area contributed by atoms with Crippen LogP contribution in [0.5, 0.6) is 0 Å². The first-order valence-corrected chi connectivity index (χ1v) is 10.7. The minimum atomic E-state index is -0.466. The number of amides is 4. The van der Waals surface area contributed by atoms with E-state index in [4.69, 9.17) is 0 Å². The van der Waals surface area contributed by atoms with Crippen molar-refractivity contribution < 1.29 is 19.2 Å². The molecule has 0 unspecified atom stereocenters. The van der Waals surface area contributed by atoms with Crippen molar-refractivity contribution in [1.82, 2.24) is 4.90 Å². The van der Waals surface area contributed by atoms with Gasteiger partial charge in [-0.1, -0.05) is 42.5 Å². The van der Waals surface area contributed by atoms with Crippen molar-refractivity contribution in [2.45, 2.75) is 19.4 Å². The Labute approximate surface area is 190 Å². The molecule has 7 heteroatoms. The monoisotopic (exact) mass is 439 g/mol. The molecule has 0 spiro atoms. The summed E-state index contributed by atoms with van der Waals surface area (Å²) in [5.74, 6) is -1.33. The summed E-state index contributed by atoms with van der Waals surface area (Å²) in [6.45, 7) is 0.125. The first-order chi connectivity index (χ1) is 16.0. The number of carbonyl (C=O) groups excluding carboxylic acids is 4. The molecule has 0 atom stereocenters. The van der Waals surface area contributed by atoms with Gasteiger partial charge in [0.25, 0.3) is 11.8 Å². The number of fused-ring (bicyclic) bond motifs is 2. The zero-order valence-electron chi connectivity index (χ0n) is 17.8. The molecule has 3 aromatic rings. The molecule has 5 rings (SSSR count). The van der Waals surface area contributed by atoms with Gasteiger partial charge in [-0.15, -0.1) is 0 Å². The Morgan fingerprint density at radius 2 is 1.45 bits per heavy atom. The predicted octanol–water partition coefficient (Wildman–Crippen LogP) is 3.40. The molecule has 0 fully saturated rings. The average Bonchev–Trinajstić information content (AvgIpc) is 3.06. The Morgan fingerprint density at radius 3 is 2.15 bits per heavy atom. The van der Waals surface area contributed by atoms with Gasteiger partial charge in [0.2, 0.25) is 11.8 Å². The highest BCUT2D eigenvalue weighted by atomic mass is 16.2. The van der Waals surface area contributed by atoms with Crippen molar-refractivity contribution in [1.29, 1.82) is 0 Å². The number of carbonyl (C=O) groups is 4. The van der Waals surface area contributed by atoms with Gasteiger partial charge in [0.1, 0.15) is 6.54 Å². The summed E-state index contributed by atoms with van der Waals surface area (Å²) in [6.07, 6.45) is 0.980. The van der Waals surface area contributed by atoms with Gasteiger partial charge in [-0.3, -0.25) is 24.1 Å². The fourth-order valence-corrected chi connectivity index (χ4v) is 4.30. The highest BCUT2D eigenvalue weighted by Crippen LogP contribution is 2.31. The molecule has 2 heterocycles. The number of aryl methyl sites for hydroxylation is 1. The minimum Gasteiger partial charge on any atom is -0.325 e. The van der Waals surface area contributed by atoms with Crippen LogP contribution < -0.4 is 10.2 Å². The quantitative estimate of drug-likeness (QED) is 0.618. The number of nitrogens with zero attached hydrogens (tertiary/aromatic N) is 2. The van der Waals surface area contributed by atoms with Gasteiger partial charge >= 0.3 is 0 Å². The van der Waals surface area contributed by atoms with Gasteiger partial charge in [0.15, 0.2) is 0 Å². The van der Waals surface area contributed by atoms with Crippen molar-refractivity contribution in [2.75, 3.05) is 16.8 Å². The number of imide groups is 1. The number of hydrogen-bond acceptors (Lipinski definition) is 4. The molecule has 7 nitrogen and oxygen atoms in total. The molecule has 0 saturated heterocycles. The van der Waals surface area contributed by atoms with Crippen molar-refractivity contribution in [2.24, 2.45) is 0 Å². The van der Waals surface area contributed by atoms with Gasteiger partial charge in [-0.2, -0.15) is 0 Å². The van der Waals surface area contributed by atoms with Gasteiger partial charge < -0.3 is 10.2 Å². The summed E-state index contributed by atoms with van der Waals surface area (Å²) in [5.41, 5.74) is 4.01. The third-order valence-corrected chi connectivity index (χ3v) is 5.93. The lowest BCUT2D eigenvalue weighted by Gasteiger charge is -2.30. The van der Waals surface area contributed by atoms with E-state index in [0.29, 0.717) is 36.2 Å². The molecule has 0 aromatic heterocycles. The molecule has 3 aromatic carbocycles. The second-order valence-corrected chi connectivity index (χ2v) is 8.10. The van der Waals surface area contributed by atoms with E-state index in [1.807, 2.05) is 42.5 Å². The molecule has 33 heavy (non-hydrogen) atoms. The molecular formula is C26H21N3O4. The number of anilines is 2. The SMILES string of the molecule is O=C(CN1C(=O)c2ccccc2C1=O)Nc1ccc2c(c1)CCC(=O)N2Cc1ccccc1. The van der Waals surface area contributed by atoms with Crippen LogP contribution in [0.1, 0.15) is 38.3 Å². The second kappa shape index (κ2) is 8.35. The highest BCUT2D eigenvalue weighted by Gasteiger charge is 2.36. The third-order valence-electron chi connectivity index (χ3n) is 5.93. The van der Waals surface area contributed by atoms with Gasteiger partial charge in [-0.05, 0) is 47.9 Å². The zero-order valence-corrected chi connectivity index (χ0v) is 17.8. The van der Waals surface area contributed by atoms with Crippen LogP contribution in [0, 0.1) is 0 Å². The molecule has 0 saturated carbocycles. The summed E-state index contributed by atoms with van der Waals surface area (Å²) < 4.78 is 0. The van der Waals surface area contributed by atoms with E-state index < -0.39 is 17.7 Å². The lowest BCUT2D eigenvalue weighted by molar-refractivity contribution is -0.119. The van der Waals surface area contributed by atoms with Crippen LogP contribution in [0.4, 0.5) is 11.4 Å². The first-order valence-electron chi connectivity index (χ1n) is 10.7. The topological polar surface area (TPSA) is 86.8 Å². The van der Waals surface area contributed by atoms with E-state index in [0.717, 1.165) is 21.7 Å². The first kappa shape index (κ1) is 20.6. The Balaban J connectivity index is 1.30. The van der Waals surface area contributed by atoms with Gasteiger partial charge in [0.05, 0.1) is 17.7 Å². The molecule has 2 aliphatic rings. The van der Waals surface area contributed by atoms with Crippen molar-refractivity contribution in [3.05, 3.63) is 95.1 Å². The van der Waals surface area contributed by atoms with Crippen LogP contribution >= 0.6 is 0 Å². The van der Waals surface area contributed by atoms with E-state index in [-0.39, 0.29) is 12.5 Å². The van der Waals surface area contributed by atoms with Crippen molar-refractivity contribution in [3.8, 4) is 0 Å². The molecule has 164 valence electrons. The van der Waals surface area contributed by atoms with Gasteiger partial charge in [-0.25, -0.2) is 0 Å². The molecular weight excluding hydrogens is 418 g/mol. The largest absolute Gasteiger partial charge is 0.325 e. The molecule has 2 aliphatic heterocycles. The van der Waals surface area contributed by atoms with Crippen LogP contribution in [0.15, 0.2) is 72.8 Å². The summed E-state index contributed by atoms with van der Waals surface area (Å²) >= 11 is 0. The predicted molar refractivity (Wildman–Crippen MR) is 123 cm³/mol. The summed E-state index contributed by atoms with van der Waals surface area (Å²) in [7, 11) is 0. The van der Waals surface area contributed by atoms with E-state index in [2.05, 4.69) is 5.32 Å².